The van der Waals surface area contributed by atoms with Crippen molar-refractivity contribution < 1.29 is 4.42 Å². The van der Waals surface area contributed by atoms with Crippen molar-refractivity contribution in [1.82, 2.24) is 34.8 Å². The number of likely N-dealkylation sites (tertiary alicyclic amines) is 1. The van der Waals surface area contributed by atoms with Gasteiger partial charge in [-0.05, 0) is 33.2 Å². The Morgan fingerprint density at radius 2 is 2.00 bits per heavy atom. The minimum Gasteiger partial charge on any atom is -0.424 e. The number of nitrogens with zero attached hydrogens (tertiary/aromatic N) is 7. The molecule has 2 fully saturated rings. The van der Waals surface area contributed by atoms with Gasteiger partial charge in [-0.1, -0.05) is 0 Å². The second-order valence-electron chi connectivity index (χ2n) is 7.12. The second-order valence-corrected chi connectivity index (χ2v) is 7.12. The fourth-order valence-electron chi connectivity index (χ4n) is 3.27. The number of hydrogen-bond donors (Lipinski definition) is 0. The number of hydrogen-bond acceptors (Lipinski definition) is 7. The van der Waals surface area contributed by atoms with Crippen molar-refractivity contribution in [2.45, 2.75) is 51.2 Å². The third-order valence-corrected chi connectivity index (χ3v) is 5.21. The fourth-order valence-corrected chi connectivity index (χ4v) is 3.27. The summed E-state index contributed by atoms with van der Waals surface area (Å²) < 4.78 is 7.84. The van der Waals surface area contributed by atoms with E-state index in [1.165, 1.54) is 12.8 Å². The molecule has 1 aliphatic carbocycles. The maximum atomic E-state index is 5.78. The molecule has 0 bridgehead atoms. The van der Waals surface area contributed by atoms with E-state index in [4.69, 9.17) is 4.42 Å². The van der Waals surface area contributed by atoms with Crippen LogP contribution < -0.4 is 0 Å². The quantitative estimate of drug-likeness (QED) is 0.784. The molecule has 0 N–H and O–H groups in total. The van der Waals surface area contributed by atoms with Gasteiger partial charge in [-0.2, -0.15) is 0 Å². The summed E-state index contributed by atoms with van der Waals surface area (Å²) in [5.74, 6) is 4.08. The molecule has 2 aromatic heterocycles. The summed E-state index contributed by atoms with van der Waals surface area (Å²) in [6, 6.07) is 0.521. The molecule has 24 heavy (non-hydrogen) atoms. The predicted molar refractivity (Wildman–Crippen MR) is 87.2 cm³/mol. The molecular formula is C16H25N7O. The van der Waals surface area contributed by atoms with E-state index in [9.17, 15) is 0 Å². The number of rotatable bonds is 6. The second kappa shape index (κ2) is 6.25. The first-order chi connectivity index (χ1) is 11.6. The Kier molecular flexibility index (Phi) is 4.09. The SMILES string of the molecule is Cc1nnc(CN(C)[C@H]2CCN(Cc3nnc(C4CC4)o3)C2)n1C. The lowest BCUT2D eigenvalue weighted by molar-refractivity contribution is 0.210. The standard InChI is InChI=1S/C16H25N7O/c1-11-17-18-14(22(11)3)9-21(2)13-6-7-23(8-13)10-15-19-20-16(24-15)12-4-5-12/h12-13H,4-10H2,1-3H3/t13-/m0/s1. The highest BCUT2D eigenvalue weighted by atomic mass is 16.4. The van der Waals surface area contributed by atoms with Gasteiger partial charge in [-0.15, -0.1) is 20.4 Å². The van der Waals surface area contributed by atoms with E-state index < -0.39 is 0 Å². The molecule has 0 aromatic carbocycles. The van der Waals surface area contributed by atoms with Crippen LogP contribution in [0.15, 0.2) is 4.42 Å². The highest BCUT2D eigenvalue weighted by molar-refractivity contribution is 5.00. The molecule has 0 spiro atoms. The van der Waals surface area contributed by atoms with Crippen LogP contribution in [0, 0.1) is 6.92 Å². The molecule has 4 rings (SSSR count). The average molecular weight is 331 g/mol. The maximum absolute atomic E-state index is 5.78. The zero-order chi connectivity index (χ0) is 16.7. The van der Waals surface area contributed by atoms with E-state index in [2.05, 4.69) is 41.8 Å². The van der Waals surface area contributed by atoms with Crippen molar-refractivity contribution in [1.29, 1.82) is 0 Å². The highest BCUT2D eigenvalue weighted by Crippen LogP contribution is 2.39. The molecule has 2 aliphatic rings. The molecule has 0 radical (unpaired) electrons. The molecule has 1 aliphatic heterocycles. The Morgan fingerprint density at radius 3 is 2.71 bits per heavy atom. The largest absolute Gasteiger partial charge is 0.424 e. The number of aromatic nitrogens is 5. The zero-order valence-corrected chi connectivity index (χ0v) is 14.6. The van der Waals surface area contributed by atoms with Gasteiger partial charge in [0.25, 0.3) is 0 Å². The minimum absolute atomic E-state index is 0.521. The van der Waals surface area contributed by atoms with Crippen LogP contribution in [0.2, 0.25) is 0 Å². The average Bonchev–Trinajstić information content (AvgIpc) is 2.99. The van der Waals surface area contributed by atoms with E-state index in [0.717, 1.165) is 56.0 Å². The Balaban J connectivity index is 1.31. The van der Waals surface area contributed by atoms with Crippen LogP contribution in [-0.4, -0.2) is 60.9 Å². The first kappa shape index (κ1) is 15.7. The summed E-state index contributed by atoms with van der Waals surface area (Å²) >= 11 is 0. The topological polar surface area (TPSA) is 76.1 Å². The summed E-state index contributed by atoms with van der Waals surface area (Å²) in [6.45, 7) is 5.64. The molecule has 2 aromatic rings. The van der Waals surface area contributed by atoms with Gasteiger partial charge in [-0.25, -0.2) is 0 Å². The lowest BCUT2D eigenvalue weighted by atomic mass is 10.2. The lowest BCUT2D eigenvalue weighted by Gasteiger charge is -2.23. The van der Waals surface area contributed by atoms with Gasteiger partial charge in [0.05, 0.1) is 13.1 Å². The van der Waals surface area contributed by atoms with Gasteiger partial charge in [0.2, 0.25) is 11.8 Å². The van der Waals surface area contributed by atoms with Crippen molar-refractivity contribution in [2.24, 2.45) is 7.05 Å². The van der Waals surface area contributed by atoms with Gasteiger partial charge < -0.3 is 8.98 Å². The van der Waals surface area contributed by atoms with Crippen molar-refractivity contribution >= 4 is 0 Å². The molecule has 3 heterocycles. The van der Waals surface area contributed by atoms with Gasteiger partial charge in [-0.3, -0.25) is 9.80 Å². The molecule has 1 saturated heterocycles. The van der Waals surface area contributed by atoms with Crippen molar-refractivity contribution in [2.75, 3.05) is 20.1 Å². The lowest BCUT2D eigenvalue weighted by Crippen LogP contribution is -2.34. The van der Waals surface area contributed by atoms with Crippen molar-refractivity contribution in [3.05, 3.63) is 23.4 Å². The van der Waals surface area contributed by atoms with E-state index in [0.29, 0.717) is 12.0 Å². The van der Waals surface area contributed by atoms with Gasteiger partial charge in [0, 0.05) is 32.1 Å². The van der Waals surface area contributed by atoms with Crippen LogP contribution >= 0.6 is 0 Å². The van der Waals surface area contributed by atoms with Crippen LogP contribution in [-0.2, 0) is 20.1 Å². The summed E-state index contributed by atoms with van der Waals surface area (Å²) in [6.07, 6.45) is 3.54. The fraction of sp³-hybridized carbons (Fsp3) is 0.750. The highest BCUT2D eigenvalue weighted by Gasteiger charge is 2.31. The third-order valence-electron chi connectivity index (χ3n) is 5.21. The molecular weight excluding hydrogens is 306 g/mol. The predicted octanol–water partition coefficient (Wildman–Crippen LogP) is 1.09. The molecule has 8 heteroatoms. The van der Waals surface area contributed by atoms with Gasteiger partial charge in [0.1, 0.15) is 11.6 Å². The molecule has 8 nitrogen and oxygen atoms in total. The monoisotopic (exact) mass is 331 g/mol. The molecule has 130 valence electrons. The molecule has 0 amide bonds. The minimum atomic E-state index is 0.521. The summed E-state index contributed by atoms with van der Waals surface area (Å²) in [5, 5.41) is 16.8. The van der Waals surface area contributed by atoms with E-state index >= 15 is 0 Å². The van der Waals surface area contributed by atoms with Crippen LogP contribution in [0.1, 0.15) is 48.6 Å². The third kappa shape index (κ3) is 3.21. The molecule has 1 atom stereocenters. The molecule has 1 saturated carbocycles. The maximum Gasteiger partial charge on any atom is 0.230 e. The Morgan fingerprint density at radius 1 is 1.17 bits per heavy atom. The Hall–Kier alpha value is -1.80. The van der Waals surface area contributed by atoms with Crippen molar-refractivity contribution in [3.8, 4) is 0 Å². The van der Waals surface area contributed by atoms with E-state index in [1.807, 2.05) is 14.0 Å². The summed E-state index contributed by atoms with van der Waals surface area (Å²) in [7, 11) is 4.18. The van der Waals surface area contributed by atoms with E-state index in [-0.39, 0.29) is 0 Å². The van der Waals surface area contributed by atoms with E-state index in [1.54, 1.807) is 0 Å². The van der Waals surface area contributed by atoms with Crippen LogP contribution in [0.4, 0.5) is 0 Å². The first-order valence-electron chi connectivity index (χ1n) is 8.70. The smallest absolute Gasteiger partial charge is 0.230 e. The van der Waals surface area contributed by atoms with Crippen LogP contribution in [0.3, 0.4) is 0 Å². The normalized spacial score (nSPS) is 21.9. The number of aryl methyl sites for hydroxylation is 1. The van der Waals surface area contributed by atoms with Gasteiger partial charge >= 0.3 is 0 Å². The van der Waals surface area contributed by atoms with Gasteiger partial charge in [0.15, 0.2) is 0 Å². The van der Waals surface area contributed by atoms with Crippen LogP contribution in [0.5, 0.6) is 0 Å². The van der Waals surface area contributed by atoms with Crippen molar-refractivity contribution in [3.63, 3.8) is 0 Å². The van der Waals surface area contributed by atoms with Crippen LogP contribution in [0.25, 0.3) is 0 Å². The number of likely N-dealkylation sites (N-methyl/N-ethyl adjacent to an activating group) is 1. The molecule has 0 unspecified atom stereocenters. The first-order valence-corrected chi connectivity index (χ1v) is 8.70. The Labute approximate surface area is 141 Å². The summed E-state index contributed by atoms with van der Waals surface area (Å²) in [4.78, 5) is 4.76. The Bertz CT molecular complexity index is 705. The summed E-state index contributed by atoms with van der Waals surface area (Å²) in [5.41, 5.74) is 0. The zero-order valence-electron chi connectivity index (χ0n) is 14.6.